The van der Waals surface area contributed by atoms with Gasteiger partial charge in [0.05, 0.1) is 22.8 Å². The summed E-state index contributed by atoms with van der Waals surface area (Å²) in [6, 6.07) is 10.4. The molecular formula is C27H36N6O. The molecule has 0 aliphatic carbocycles. The summed E-state index contributed by atoms with van der Waals surface area (Å²) in [7, 11) is 0. The molecule has 0 saturated carbocycles. The molecule has 2 aliphatic heterocycles. The quantitative estimate of drug-likeness (QED) is 0.559. The first kappa shape index (κ1) is 23.0. The minimum Gasteiger partial charge on any atom is -0.336 e. The standard InChI is InChI=1S/C27H36N6O/c1-20(2)33-26-24(19-28-33)23(18-25(29-26)22-9-5-4-8-21(22)3)27(34)32-16-14-31(15-17-32)13-12-30-10-6-7-11-30/h4-5,8-9,18-20H,6-7,10-17H2,1-3H3. The molecule has 1 amide bonds. The molecule has 0 radical (unpaired) electrons. The minimum absolute atomic E-state index is 0.0877. The van der Waals surface area contributed by atoms with Gasteiger partial charge in [-0.3, -0.25) is 9.69 Å². The molecule has 0 atom stereocenters. The summed E-state index contributed by atoms with van der Waals surface area (Å²) in [5, 5.41) is 5.43. The molecule has 34 heavy (non-hydrogen) atoms. The van der Waals surface area contributed by atoms with Crippen LogP contribution in [0.5, 0.6) is 0 Å². The van der Waals surface area contributed by atoms with E-state index in [0.717, 1.165) is 67.1 Å². The fraction of sp³-hybridized carbons (Fsp3) is 0.519. The monoisotopic (exact) mass is 460 g/mol. The van der Waals surface area contributed by atoms with Crippen molar-refractivity contribution >= 4 is 16.9 Å². The maximum absolute atomic E-state index is 13.8. The highest BCUT2D eigenvalue weighted by molar-refractivity contribution is 6.06. The van der Waals surface area contributed by atoms with Crippen molar-refractivity contribution in [2.24, 2.45) is 0 Å². The number of aryl methyl sites for hydroxylation is 1. The van der Waals surface area contributed by atoms with E-state index < -0.39 is 0 Å². The van der Waals surface area contributed by atoms with Crippen LogP contribution in [0.25, 0.3) is 22.3 Å². The summed E-state index contributed by atoms with van der Waals surface area (Å²) in [5.41, 5.74) is 4.53. The van der Waals surface area contributed by atoms with E-state index in [1.54, 1.807) is 0 Å². The number of aromatic nitrogens is 3. The second-order valence-corrected chi connectivity index (χ2v) is 9.97. The average molecular weight is 461 g/mol. The number of carbonyl (C=O) groups excluding carboxylic acids is 1. The first-order chi connectivity index (χ1) is 16.5. The molecule has 1 aromatic carbocycles. The number of amides is 1. The van der Waals surface area contributed by atoms with Crippen LogP contribution in [0.1, 0.15) is 48.7 Å². The van der Waals surface area contributed by atoms with E-state index in [1.807, 2.05) is 34.0 Å². The molecule has 3 aromatic rings. The SMILES string of the molecule is Cc1ccccc1-c1cc(C(=O)N2CCN(CCN3CCCC3)CC2)c2cnn(C(C)C)c2n1. The third-order valence-corrected chi connectivity index (χ3v) is 7.30. The van der Waals surface area contributed by atoms with Gasteiger partial charge >= 0.3 is 0 Å². The van der Waals surface area contributed by atoms with Crippen molar-refractivity contribution in [3.8, 4) is 11.3 Å². The maximum Gasteiger partial charge on any atom is 0.254 e. The van der Waals surface area contributed by atoms with Gasteiger partial charge in [-0.25, -0.2) is 9.67 Å². The van der Waals surface area contributed by atoms with Crippen molar-refractivity contribution in [2.45, 2.75) is 39.7 Å². The number of piperazine rings is 1. The number of likely N-dealkylation sites (tertiary alicyclic amines) is 1. The summed E-state index contributed by atoms with van der Waals surface area (Å²) in [6.07, 6.45) is 4.48. The van der Waals surface area contributed by atoms with Crippen LogP contribution in [0.3, 0.4) is 0 Å². The fourth-order valence-electron chi connectivity index (χ4n) is 5.21. The number of fused-ring (bicyclic) bond motifs is 1. The lowest BCUT2D eigenvalue weighted by atomic mass is 10.0. The van der Waals surface area contributed by atoms with Gasteiger partial charge in [-0.2, -0.15) is 5.10 Å². The van der Waals surface area contributed by atoms with Gasteiger partial charge in [0, 0.05) is 50.9 Å². The Morgan fingerprint density at radius 1 is 0.971 bits per heavy atom. The Balaban J connectivity index is 1.39. The van der Waals surface area contributed by atoms with E-state index in [1.165, 1.54) is 25.9 Å². The zero-order valence-corrected chi connectivity index (χ0v) is 20.7. The van der Waals surface area contributed by atoms with Crippen LogP contribution in [-0.2, 0) is 0 Å². The summed E-state index contributed by atoms with van der Waals surface area (Å²) in [6.45, 7) is 14.4. The lowest BCUT2D eigenvalue weighted by Crippen LogP contribution is -2.50. The van der Waals surface area contributed by atoms with Gasteiger partial charge < -0.3 is 9.80 Å². The van der Waals surface area contributed by atoms with Crippen molar-refractivity contribution in [3.63, 3.8) is 0 Å². The Kier molecular flexibility index (Phi) is 6.66. The predicted molar refractivity (Wildman–Crippen MR) is 136 cm³/mol. The van der Waals surface area contributed by atoms with Crippen LogP contribution in [0, 0.1) is 6.92 Å². The van der Waals surface area contributed by atoms with Crippen LogP contribution in [0.15, 0.2) is 36.5 Å². The second kappa shape index (κ2) is 9.84. The molecular weight excluding hydrogens is 424 g/mol. The molecule has 0 unspecified atom stereocenters. The van der Waals surface area contributed by atoms with E-state index in [0.29, 0.717) is 5.56 Å². The molecule has 0 bridgehead atoms. The number of nitrogens with zero attached hydrogens (tertiary/aromatic N) is 6. The summed E-state index contributed by atoms with van der Waals surface area (Å²) in [4.78, 5) is 25.8. The Hall–Kier alpha value is -2.77. The topological polar surface area (TPSA) is 57.5 Å². The van der Waals surface area contributed by atoms with Gasteiger partial charge in [-0.15, -0.1) is 0 Å². The van der Waals surface area contributed by atoms with Crippen LogP contribution in [-0.4, -0.2) is 87.7 Å². The molecule has 2 saturated heterocycles. The number of pyridine rings is 1. The Labute approximate surface area is 202 Å². The Morgan fingerprint density at radius 2 is 1.65 bits per heavy atom. The summed E-state index contributed by atoms with van der Waals surface area (Å²) < 4.78 is 1.92. The normalized spacial score (nSPS) is 17.8. The molecule has 2 aromatic heterocycles. The third kappa shape index (κ3) is 4.59. The van der Waals surface area contributed by atoms with Crippen molar-refractivity contribution in [3.05, 3.63) is 47.7 Å². The predicted octanol–water partition coefficient (Wildman–Crippen LogP) is 3.84. The lowest BCUT2D eigenvalue weighted by molar-refractivity contribution is 0.0628. The van der Waals surface area contributed by atoms with Crippen LogP contribution in [0.2, 0.25) is 0 Å². The number of benzene rings is 1. The van der Waals surface area contributed by atoms with Gasteiger partial charge in [0.2, 0.25) is 0 Å². The first-order valence-corrected chi connectivity index (χ1v) is 12.7. The van der Waals surface area contributed by atoms with Gasteiger partial charge in [0.1, 0.15) is 0 Å². The highest BCUT2D eigenvalue weighted by atomic mass is 16.2. The van der Waals surface area contributed by atoms with Crippen molar-refractivity contribution < 1.29 is 4.79 Å². The van der Waals surface area contributed by atoms with Gasteiger partial charge in [-0.05, 0) is 58.3 Å². The smallest absolute Gasteiger partial charge is 0.254 e. The maximum atomic E-state index is 13.8. The van der Waals surface area contributed by atoms with E-state index in [-0.39, 0.29) is 11.9 Å². The highest BCUT2D eigenvalue weighted by Crippen LogP contribution is 2.29. The molecule has 2 fully saturated rings. The summed E-state index contributed by atoms with van der Waals surface area (Å²) in [5.74, 6) is 0.0877. The molecule has 7 heteroatoms. The molecule has 7 nitrogen and oxygen atoms in total. The Bertz CT molecular complexity index is 1160. The molecule has 180 valence electrons. The average Bonchev–Trinajstić information content (AvgIpc) is 3.52. The van der Waals surface area contributed by atoms with Crippen molar-refractivity contribution in [1.29, 1.82) is 0 Å². The third-order valence-electron chi connectivity index (χ3n) is 7.30. The molecule has 2 aliphatic rings. The number of rotatable bonds is 6. The molecule has 4 heterocycles. The van der Waals surface area contributed by atoms with Crippen LogP contribution in [0.4, 0.5) is 0 Å². The molecule has 0 spiro atoms. The van der Waals surface area contributed by atoms with E-state index in [2.05, 4.69) is 47.8 Å². The second-order valence-electron chi connectivity index (χ2n) is 9.97. The number of hydrogen-bond acceptors (Lipinski definition) is 5. The van der Waals surface area contributed by atoms with E-state index >= 15 is 0 Å². The number of hydrogen-bond donors (Lipinski definition) is 0. The van der Waals surface area contributed by atoms with Gasteiger partial charge in [0.15, 0.2) is 5.65 Å². The molecule has 0 N–H and O–H groups in total. The van der Waals surface area contributed by atoms with Crippen LogP contribution < -0.4 is 0 Å². The van der Waals surface area contributed by atoms with Gasteiger partial charge in [0.25, 0.3) is 5.91 Å². The largest absolute Gasteiger partial charge is 0.336 e. The zero-order valence-electron chi connectivity index (χ0n) is 20.7. The van der Waals surface area contributed by atoms with Crippen molar-refractivity contribution in [1.82, 2.24) is 29.5 Å². The fourth-order valence-corrected chi connectivity index (χ4v) is 5.21. The van der Waals surface area contributed by atoms with E-state index in [9.17, 15) is 4.79 Å². The zero-order chi connectivity index (χ0) is 23.7. The highest BCUT2D eigenvalue weighted by Gasteiger charge is 2.26. The minimum atomic E-state index is 0.0877. The summed E-state index contributed by atoms with van der Waals surface area (Å²) >= 11 is 0. The van der Waals surface area contributed by atoms with Crippen LogP contribution >= 0.6 is 0 Å². The Morgan fingerprint density at radius 3 is 2.32 bits per heavy atom. The van der Waals surface area contributed by atoms with Gasteiger partial charge in [-0.1, -0.05) is 24.3 Å². The first-order valence-electron chi connectivity index (χ1n) is 12.7. The number of carbonyl (C=O) groups is 1. The molecule has 5 rings (SSSR count). The lowest BCUT2D eigenvalue weighted by Gasteiger charge is -2.35. The van der Waals surface area contributed by atoms with E-state index in [4.69, 9.17) is 4.98 Å². The van der Waals surface area contributed by atoms with Crippen molar-refractivity contribution in [2.75, 3.05) is 52.4 Å².